The molecule has 1 aliphatic heterocycles. The second-order valence-corrected chi connectivity index (χ2v) is 9.02. The summed E-state index contributed by atoms with van der Waals surface area (Å²) in [6.45, 7) is 8.22. The molecule has 0 saturated carbocycles. The lowest BCUT2D eigenvalue weighted by Crippen LogP contribution is -2.37. The van der Waals surface area contributed by atoms with E-state index in [0.717, 1.165) is 42.8 Å². The Hall–Kier alpha value is -3.00. The molecule has 2 atom stereocenters. The standard InChI is InChI=1S/C28H34FN3O3/c1-3-4-13-24(33)18-31(19-26-15-9-16-34-26)20-27-21(2)30-32(23-11-6-5-7-12-23)28(27)35-25-14-8-10-22(29)17-25/h3,5-8,10-12,14,17,24,26,33H,1,4,9,13,15-16,18-20H2,2H3/t24-,26-/m0/s1. The molecule has 0 unspecified atom stereocenters. The topological polar surface area (TPSA) is 59.8 Å². The SMILES string of the molecule is C=CCC[C@H](O)CN(Cc1c(C)nn(-c2ccccc2)c1Oc1cccc(F)c1)C[C@@H]1CCCO1. The van der Waals surface area contributed by atoms with Crippen LogP contribution in [0.25, 0.3) is 5.69 Å². The average Bonchev–Trinajstić information content (AvgIpc) is 3.47. The zero-order chi connectivity index (χ0) is 24.6. The minimum atomic E-state index is -0.480. The molecule has 2 aromatic carbocycles. The van der Waals surface area contributed by atoms with Gasteiger partial charge >= 0.3 is 0 Å². The first-order valence-corrected chi connectivity index (χ1v) is 12.2. The van der Waals surface area contributed by atoms with E-state index in [-0.39, 0.29) is 11.9 Å². The highest BCUT2D eigenvalue weighted by Gasteiger charge is 2.26. The number of halogens is 1. The number of benzene rings is 2. The molecule has 186 valence electrons. The van der Waals surface area contributed by atoms with Gasteiger partial charge in [0, 0.05) is 32.3 Å². The number of para-hydroxylation sites is 1. The van der Waals surface area contributed by atoms with E-state index in [1.807, 2.05) is 43.3 Å². The predicted octanol–water partition coefficient (Wildman–Crippen LogP) is 5.42. The lowest BCUT2D eigenvalue weighted by atomic mass is 10.1. The molecule has 0 spiro atoms. The van der Waals surface area contributed by atoms with Gasteiger partial charge in [-0.05, 0) is 56.9 Å². The van der Waals surface area contributed by atoms with Gasteiger partial charge in [-0.2, -0.15) is 5.10 Å². The van der Waals surface area contributed by atoms with Crippen LogP contribution in [0.4, 0.5) is 4.39 Å². The Morgan fingerprint density at radius 1 is 1.29 bits per heavy atom. The molecule has 2 heterocycles. The van der Waals surface area contributed by atoms with Gasteiger partial charge in [-0.25, -0.2) is 9.07 Å². The number of aliphatic hydroxyl groups is 1. The molecule has 1 saturated heterocycles. The first-order chi connectivity index (χ1) is 17.0. The summed E-state index contributed by atoms with van der Waals surface area (Å²) >= 11 is 0. The highest BCUT2D eigenvalue weighted by atomic mass is 19.1. The van der Waals surface area contributed by atoms with Crippen LogP contribution >= 0.6 is 0 Å². The number of aliphatic hydroxyl groups excluding tert-OH is 1. The van der Waals surface area contributed by atoms with Gasteiger partial charge in [-0.1, -0.05) is 30.3 Å². The van der Waals surface area contributed by atoms with E-state index in [1.165, 1.54) is 12.1 Å². The van der Waals surface area contributed by atoms with Crippen molar-refractivity contribution in [3.8, 4) is 17.3 Å². The Morgan fingerprint density at radius 3 is 2.83 bits per heavy atom. The van der Waals surface area contributed by atoms with Gasteiger partial charge in [0.2, 0.25) is 5.88 Å². The maximum atomic E-state index is 13.9. The zero-order valence-electron chi connectivity index (χ0n) is 20.3. The third kappa shape index (κ3) is 6.78. The predicted molar refractivity (Wildman–Crippen MR) is 134 cm³/mol. The molecule has 0 aliphatic carbocycles. The van der Waals surface area contributed by atoms with Crippen LogP contribution in [0.1, 0.15) is 36.9 Å². The van der Waals surface area contributed by atoms with Gasteiger partial charge in [-0.15, -0.1) is 6.58 Å². The van der Waals surface area contributed by atoms with Crippen LogP contribution in [0.15, 0.2) is 67.3 Å². The van der Waals surface area contributed by atoms with Crippen molar-refractivity contribution in [1.29, 1.82) is 0 Å². The molecule has 1 N–H and O–H groups in total. The van der Waals surface area contributed by atoms with Crippen LogP contribution in [-0.2, 0) is 11.3 Å². The van der Waals surface area contributed by atoms with Crippen molar-refractivity contribution in [3.63, 3.8) is 0 Å². The molecular weight excluding hydrogens is 445 g/mol. The fourth-order valence-electron chi connectivity index (χ4n) is 4.41. The Kier molecular flexibility index (Phi) is 8.69. The minimum Gasteiger partial charge on any atom is -0.438 e. The molecule has 0 amide bonds. The smallest absolute Gasteiger partial charge is 0.227 e. The van der Waals surface area contributed by atoms with Gasteiger partial charge in [0.25, 0.3) is 0 Å². The van der Waals surface area contributed by atoms with E-state index < -0.39 is 6.10 Å². The van der Waals surface area contributed by atoms with Gasteiger partial charge in [-0.3, -0.25) is 4.90 Å². The molecule has 3 aromatic rings. The Morgan fingerprint density at radius 2 is 2.11 bits per heavy atom. The largest absolute Gasteiger partial charge is 0.438 e. The van der Waals surface area contributed by atoms with E-state index in [9.17, 15) is 9.50 Å². The van der Waals surface area contributed by atoms with Crippen molar-refractivity contribution in [3.05, 3.63) is 84.3 Å². The quantitative estimate of drug-likeness (QED) is 0.352. The number of allylic oxidation sites excluding steroid dienone is 1. The van der Waals surface area contributed by atoms with Crippen LogP contribution in [0, 0.1) is 12.7 Å². The number of hydrogen-bond donors (Lipinski definition) is 1. The van der Waals surface area contributed by atoms with E-state index in [1.54, 1.807) is 16.8 Å². The third-order valence-corrected chi connectivity index (χ3v) is 6.19. The van der Waals surface area contributed by atoms with Crippen LogP contribution in [0.2, 0.25) is 0 Å². The highest BCUT2D eigenvalue weighted by molar-refractivity contribution is 5.43. The summed E-state index contributed by atoms with van der Waals surface area (Å²) in [5, 5.41) is 15.4. The highest BCUT2D eigenvalue weighted by Crippen LogP contribution is 2.32. The molecule has 7 heteroatoms. The monoisotopic (exact) mass is 479 g/mol. The van der Waals surface area contributed by atoms with Crippen molar-refractivity contribution in [2.45, 2.75) is 51.4 Å². The van der Waals surface area contributed by atoms with Crippen LogP contribution in [-0.4, -0.2) is 51.7 Å². The maximum Gasteiger partial charge on any atom is 0.227 e. The van der Waals surface area contributed by atoms with Crippen LogP contribution < -0.4 is 4.74 Å². The van der Waals surface area contributed by atoms with E-state index in [4.69, 9.17) is 14.6 Å². The molecule has 1 aliphatic rings. The lowest BCUT2D eigenvalue weighted by Gasteiger charge is -2.27. The normalized spacial score (nSPS) is 16.5. The van der Waals surface area contributed by atoms with E-state index in [2.05, 4.69) is 11.5 Å². The molecule has 0 bridgehead atoms. The number of hydrogen-bond acceptors (Lipinski definition) is 5. The zero-order valence-corrected chi connectivity index (χ0v) is 20.3. The van der Waals surface area contributed by atoms with E-state index >= 15 is 0 Å². The molecule has 0 radical (unpaired) electrons. The number of ether oxygens (including phenoxy) is 2. The summed E-state index contributed by atoms with van der Waals surface area (Å²) in [5.74, 6) is 0.578. The van der Waals surface area contributed by atoms with Gasteiger partial charge < -0.3 is 14.6 Å². The van der Waals surface area contributed by atoms with Crippen molar-refractivity contribution < 1.29 is 19.0 Å². The van der Waals surface area contributed by atoms with Crippen LogP contribution in [0.3, 0.4) is 0 Å². The molecule has 35 heavy (non-hydrogen) atoms. The van der Waals surface area contributed by atoms with Gasteiger partial charge in [0.15, 0.2) is 0 Å². The van der Waals surface area contributed by atoms with Crippen molar-refractivity contribution in [2.24, 2.45) is 0 Å². The van der Waals surface area contributed by atoms with Gasteiger partial charge in [0.05, 0.1) is 29.2 Å². The second kappa shape index (κ2) is 12.1. The van der Waals surface area contributed by atoms with Crippen LogP contribution in [0.5, 0.6) is 11.6 Å². The lowest BCUT2D eigenvalue weighted by molar-refractivity contribution is 0.0442. The maximum absolute atomic E-state index is 13.9. The molecule has 1 aromatic heterocycles. The summed E-state index contributed by atoms with van der Waals surface area (Å²) in [6, 6.07) is 15.9. The Labute approximate surface area is 206 Å². The van der Waals surface area contributed by atoms with Crippen molar-refractivity contribution in [1.82, 2.24) is 14.7 Å². The van der Waals surface area contributed by atoms with Crippen molar-refractivity contribution in [2.75, 3.05) is 19.7 Å². The first-order valence-electron chi connectivity index (χ1n) is 12.2. The summed E-state index contributed by atoms with van der Waals surface area (Å²) in [6.07, 6.45) is 4.95. The average molecular weight is 480 g/mol. The number of aromatic nitrogens is 2. The molecule has 1 fully saturated rings. The van der Waals surface area contributed by atoms with E-state index in [0.29, 0.717) is 37.7 Å². The number of rotatable bonds is 12. The third-order valence-electron chi connectivity index (χ3n) is 6.19. The Balaban J connectivity index is 1.66. The van der Waals surface area contributed by atoms with Gasteiger partial charge in [0.1, 0.15) is 11.6 Å². The number of nitrogens with zero attached hydrogens (tertiary/aromatic N) is 3. The Bertz CT molecular complexity index is 1100. The molecule has 4 rings (SSSR count). The summed E-state index contributed by atoms with van der Waals surface area (Å²) < 4.78 is 27.8. The summed E-state index contributed by atoms with van der Waals surface area (Å²) in [5.41, 5.74) is 2.56. The fourth-order valence-corrected chi connectivity index (χ4v) is 4.41. The first kappa shape index (κ1) is 25.1. The summed E-state index contributed by atoms with van der Waals surface area (Å²) in [7, 11) is 0. The number of aryl methyl sites for hydroxylation is 1. The van der Waals surface area contributed by atoms with Crippen molar-refractivity contribution >= 4 is 0 Å². The molecular formula is C28H34FN3O3. The summed E-state index contributed by atoms with van der Waals surface area (Å²) in [4.78, 5) is 2.21. The molecule has 6 nitrogen and oxygen atoms in total. The fraction of sp³-hybridized carbons (Fsp3) is 0.393. The second-order valence-electron chi connectivity index (χ2n) is 9.02. The minimum absolute atomic E-state index is 0.138.